The van der Waals surface area contributed by atoms with Crippen molar-refractivity contribution < 1.29 is 14.3 Å². The Labute approximate surface area is 168 Å². The van der Waals surface area contributed by atoms with Gasteiger partial charge in [0, 0.05) is 15.3 Å². The summed E-state index contributed by atoms with van der Waals surface area (Å²) in [6.45, 7) is 4.98. The summed E-state index contributed by atoms with van der Waals surface area (Å²) in [7, 11) is 1.61. The molecule has 0 spiro atoms. The Morgan fingerprint density at radius 3 is 2.54 bits per heavy atom. The standard InChI is InChI=1S/C21H24INO3/c1-15(2)12-13-26-19-10-4-16(14-20(19)25-3)5-11-21(24)23-18-8-6-17(22)7-9-18/h4-11,14-15H,12-13H2,1-3H3,(H,23,24)/b11-5+. The fraction of sp³-hybridized carbons (Fsp3) is 0.286. The first-order valence-electron chi connectivity index (χ1n) is 8.53. The third-order valence-electron chi connectivity index (χ3n) is 3.68. The summed E-state index contributed by atoms with van der Waals surface area (Å²) in [5.74, 6) is 1.79. The minimum Gasteiger partial charge on any atom is -0.493 e. The molecule has 2 aromatic rings. The maximum absolute atomic E-state index is 12.0. The van der Waals surface area contributed by atoms with Crippen LogP contribution in [0.2, 0.25) is 0 Å². The average molecular weight is 465 g/mol. The zero-order valence-electron chi connectivity index (χ0n) is 15.3. The Kier molecular flexibility index (Phi) is 7.97. The average Bonchev–Trinajstić information content (AvgIpc) is 2.62. The predicted molar refractivity (Wildman–Crippen MR) is 115 cm³/mol. The highest BCUT2D eigenvalue weighted by molar-refractivity contribution is 14.1. The Bertz CT molecular complexity index is 754. The van der Waals surface area contributed by atoms with E-state index in [2.05, 4.69) is 41.8 Å². The lowest BCUT2D eigenvalue weighted by Crippen LogP contribution is -2.07. The molecule has 0 aliphatic carbocycles. The molecule has 0 heterocycles. The molecule has 0 aliphatic rings. The third kappa shape index (κ3) is 6.71. The van der Waals surface area contributed by atoms with Crippen LogP contribution in [0, 0.1) is 9.49 Å². The molecule has 1 N–H and O–H groups in total. The monoisotopic (exact) mass is 465 g/mol. The molecule has 0 radical (unpaired) electrons. The Morgan fingerprint density at radius 2 is 1.88 bits per heavy atom. The maximum atomic E-state index is 12.0. The summed E-state index contributed by atoms with van der Waals surface area (Å²) in [6.07, 6.45) is 4.25. The van der Waals surface area contributed by atoms with Crippen LogP contribution in [0.3, 0.4) is 0 Å². The van der Waals surface area contributed by atoms with Crippen molar-refractivity contribution >= 4 is 40.3 Å². The second-order valence-electron chi connectivity index (χ2n) is 6.27. The summed E-state index contributed by atoms with van der Waals surface area (Å²) < 4.78 is 12.3. The van der Waals surface area contributed by atoms with Crippen LogP contribution in [0.4, 0.5) is 5.69 Å². The first-order chi connectivity index (χ1) is 12.5. The number of rotatable bonds is 8. The van der Waals surface area contributed by atoms with Crippen LogP contribution in [0.15, 0.2) is 48.5 Å². The predicted octanol–water partition coefficient (Wildman–Crippen LogP) is 5.38. The van der Waals surface area contributed by atoms with Gasteiger partial charge in [-0.2, -0.15) is 0 Å². The largest absolute Gasteiger partial charge is 0.493 e. The van der Waals surface area contributed by atoms with Crippen LogP contribution in [-0.4, -0.2) is 19.6 Å². The molecule has 0 aliphatic heterocycles. The Hall–Kier alpha value is -2.02. The van der Waals surface area contributed by atoms with Crippen molar-refractivity contribution in [3.63, 3.8) is 0 Å². The second kappa shape index (κ2) is 10.2. The quantitative estimate of drug-likeness (QED) is 0.421. The van der Waals surface area contributed by atoms with Gasteiger partial charge in [-0.1, -0.05) is 19.9 Å². The third-order valence-corrected chi connectivity index (χ3v) is 4.40. The molecule has 0 bridgehead atoms. The molecule has 26 heavy (non-hydrogen) atoms. The van der Waals surface area contributed by atoms with Crippen LogP contribution in [-0.2, 0) is 4.79 Å². The van der Waals surface area contributed by atoms with Crippen molar-refractivity contribution in [2.75, 3.05) is 19.0 Å². The van der Waals surface area contributed by atoms with E-state index in [0.717, 1.165) is 21.2 Å². The van der Waals surface area contributed by atoms with Gasteiger partial charge in [-0.3, -0.25) is 4.79 Å². The Balaban J connectivity index is 1.98. The molecule has 0 fully saturated rings. The summed E-state index contributed by atoms with van der Waals surface area (Å²) in [5.41, 5.74) is 1.64. The van der Waals surface area contributed by atoms with E-state index in [-0.39, 0.29) is 5.91 Å². The minimum atomic E-state index is -0.178. The number of methoxy groups -OCH3 is 1. The van der Waals surface area contributed by atoms with Gasteiger partial charge in [0.15, 0.2) is 11.5 Å². The molecule has 0 saturated carbocycles. The van der Waals surface area contributed by atoms with Gasteiger partial charge in [-0.25, -0.2) is 0 Å². The van der Waals surface area contributed by atoms with Crippen molar-refractivity contribution in [2.45, 2.75) is 20.3 Å². The van der Waals surface area contributed by atoms with Gasteiger partial charge < -0.3 is 14.8 Å². The number of carbonyl (C=O) groups is 1. The van der Waals surface area contributed by atoms with Crippen molar-refractivity contribution in [1.29, 1.82) is 0 Å². The molecule has 0 aromatic heterocycles. The number of hydrogen-bond acceptors (Lipinski definition) is 3. The summed E-state index contributed by atoms with van der Waals surface area (Å²) in [4.78, 5) is 12.0. The highest BCUT2D eigenvalue weighted by Gasteiger charge is 2.06. The molecule has 138 valence electrons. The number of benzene rings is 2. The molecule has 1 amide bonds. The van der Waals surface area contributed by atoms with E-state index in [4.69, 9.17) is 9.47 Å². The highest BCUT2D eigenvalue weighted by atomic mass is 127. The van der Waals surface area contributed by atoms with E-state index in [9.17, 15) is 4.79 Å². The summed E-state index contributed by atoms with van der Waals surface area (Å²) in [5, 5.41) is 2.83. The number of amides is 1. The molecule has 0 unspecified atom stereocenters. The van der Waals surface area contributed by atoms with E-state index >= 15 is 0 Å². The van der Waals surface area contributed by atoms with E-state index in [1.54, 1.807) is 13.2 Å². The van der Waals surface area contributed by atoms with Crippen LogP contribution < -0.4 is 14.8 Å². The first kappa shape index (κ1) is 20.3. The first-order valence-corrected chi connectivity index (χ1v) is 9.61. The second-order valence-corrected chi connectivity index (χ2v) is 7.52. The number of halogens is 1. The lowest BCUT2D eigenvalue weighted by atomic mass is 10.1. The minimum absolute atomic E-state index is 0.178. The normalized spacial score (nSPS) is 11.0. The number of carbonyl (C=O) groups excluding carboxylic acids is 1. The van der Waals surface area contributed by atoms with Crippen molar-refractivity contribution in [3.8, 4) is 11.5 Å². The van der Waals surface area contributed by atoms with E-state index in [0.29, 0.717) is 24.0 Å². The number of anilines is 1. The van der Waals surface area contributed by atoms with Crippen LogP contribution >= 0.6 is 22.6 Å². The lowest BCUT2D eigenvalue weighted by molar-refractivity contribution is -0.111. The van der Waals surface area contributed by atoms with Gasteiger partial charge in [0.25, 0.3) is 0 Å². The SMILES string of the molecule is COc1cc(/C=C/C(=O)Nc2ccc(I)cc2)ccc1OCCC(C)C. The van der Waals surface area contributed by atoms with Crippen LogP contribution in [0.1, 0.15) is 25.8 Å². The highest BCUT2D eigenvalue weighted by Crippen LogP contribution is 2.29. The molecule has 2 rings (SSSR count). The number of nitrogens with one attached hydrogen (secondary N) is 1. The zero-order valence-corrected chi connectivity index (χ0v) is 17.4. The van der Waals surface area contributed by atoms with Crippen molar-refractivity contribution in [1.82, 2.24) is 0 Å². The molecule has 0 atom stereocenters. The number of hydrogen-bond donors (Lipinski definition) is 1. The van der Waals surface area contributed by atoms with Gasteiger partial charge in [0.2, 0.25) is 5.91 Å². The zero-order chi connectivity index (χ0) is 18.9. The van der Waals surface area contributed by atoms with Gasteiger partial charge in [0.1, 0.15) is 0 Å². The van der Waals surface area contributed by atoms with E-state index < -0.39 is 0 Å². The van der Waals surface area contributed by atoms with Crippen LogP contribution in [0.25, 0.3) is 6.08 Å². The van der Waals surface area contributed by atoms with Crippen molar-refractivity contribution in [3.05, 3.63) is 57.7 Å². The summed E-state index contributed by atoms with van der Waals surface area (Å²) >= 11 is 2.23. The molecule has 0 saturated heterocycles. The topological polar surface area (TPSA) is 47.6 Å². The smallest absolute Gasteiger partial charge is 0.248 e. The van der Waals surface area contributed by atoms with Gasteiger partial charge in [-0.15, -0.1) is 0 Å². The fourth-order valence-corrected chi connectivity index (χ4v) is 2.56. The molecule has 2 aromatic carbocycles. The van der Waals surface area contributed by atoms with Crippen LogP contribution in [0.5, 0.6) is 11.5 Å². The lowest BCUT2D eigenvalue weighted by Gasteiger charge is -2.12. The van der Waals surface area contributed by atoms with Crippen molar-refractivity contribution in [2.24, 2.45) is 5.92 Å². The fourth-order valence-electron chi connectivity index (χ4n) is 2.20. The van der Waals surface area contributed by atoms with Gasteiger partial charge in [-0.05, 0) is 83.0 Å². The Morgan fingerprint density at radius 1 is 1.15 bits per heavy atom. The number of ether oxygens (including phenoxy) is 2. The van der Waals surface area contributed by atoms with Gasteiger partial charge in [0.05, 0.1) is 13.7 Å². The van der Waals surface area contributed by atoms with E-state index in [1.165, 1.54) is 6.08 Å². The molecule has 5 heteroatoms. The van der Waals surface area contributed by atoms with E-state index in [1.807, 2.05) is 42.5 Å². The molecule has 4 nitrogen and oxygen atoms in total. The van der Waals surface area contributed by atoms with Gasteiger partial charge >= 0.3 is 0 Å². The molecular weight excluding hydrogens is 441 g/mol. The molecular formula is C21H24INO3. The summed E-state index contributed by atoms with van der Waals surface area (Å²) in [6, 6.07) is 13.3. The maximum Gasteiger partial charge on any atom is 0.248 e.